The van der Waals surface area contributed by atoms with Gasteiger partial charge in [-0.25, -0.2) is 9.59 Å². The number of nitrogens with zero attached hydrogens (tertiary/aromatic N) is 1. The maximum atomic E-state index is 13.2. The average molecular weight is 583 g/mol. The zero-order valence-corrected chi connectivity index (χ0v) is 23.9. The number of ether oxygens (including phenoxy) is 4. The van der Waals surface area contributed by atoms with E-state index in [1.807, 2.05) is 60.7 Å². The highest BCUT2D eigenvalue weighted by molar-refractivity contribution is 5.89. The van der Waals surface area contributed by atoms with Crippen LogP contribution >= 0.6 is 0 Å². The Morgan fingerprint density at radius 3 is 2.28 bits per heavy atom. The van der Waals surface area contributed by atoms with Crippen molar-refractivity contribution in [2.45, 2.75) is 31.9 Å². The van der Waals surface area contributed by atoms with Crippen molar-refractivity contribution in [3.63, 3.8) is 0 Å². The number of benzene rings is 4. The van der Waals surface area contributed by atoms with Gasteiger partial charge in [-0.3, -0.25) is 0 Å². The standard InChI is InChI=1S/C34H34N2O7/c1-34(32(37)38,43-29-11-6-3-7-12-29)22-25-13-16-28(17-14-25)40-20-8-19-36(23-26-9-4-2-5-10-26)33(39)35-27-15-18-30-31(21-27)42-24-41-30/h2-7,9-18,21H,8,19-20,22-24H2,1H3,(H,35,39)(H,37,38). The minimum Gasteiger partial charge on any atom is -0.494 e. The molecule has 0 saturated heterocycles. The summed E-state index contributed by atoms with van der Waals surface area (Å²) < 4.78 is 22.6. The molecule has 0 fully saturated rings. The highest BCUT2D eigenvalue weighted by atomic mass is 16.7. The van der Waals surface area contributed by atoms with Gasteiger partial charge in [-0.15, -0.1) is 0 Å². The number of rotatable bonds is 13. The van der Waals surface area contributed by atoms with Crippen molar-refractivity contribution in [2.75, 3.05) is 25.3 Å². The number of urea groups is 1. The first-order valence-electron chi connectivity index (χ1n) is 14.1. The van der Waals surface area contributed by atoms with Gasteiger partial charge in [-0.1, -0.05) is 60.7 Å². The molecule has 2 N–H and O–H groups in total. The monoisotopic (exact) mass is 582 g/mol. The molecule has 0 radical (unpaired) electrons. The lowest BCUT2D eigenvalue weighted by Crippen LogP contribution is -2.43. The molecule has 1 aliphatic rings. The fourth-order valence-corrected chi connectivity index (χ4v) is 4.68. The van der Waals surface area contributed by atoms with Crippen LogP contribution < -0.4 is 24.3 Å². The third-order valence-corrected chi connectivity index (χ3v) is 6.97. The van der Waals surface area contributed by atoms with E-state index >= 15 is 0 Å². The second-order valence-corrected chi connectivity index (χ2v) is 10.4. The first-order chi connectivity index (χ1) is 20.9. The van der Waals surface area contributed by atoms with Gasteiger partial charge in [0.2, 0.25) is 12.4 Å². The molecule has 0 aliphatic carbocycles. The Morgan fingerprint density at radius 1 is 0.860 bits per heavy atom. The lowest BCUT2D eigenvalue weighted by molar-refractivity contribution is -0.153. The first kappa shape index (κ1) is 29.3. The fraction of sp³-hybridized carbons (Fsp3) is 0.235. The predicted molar refractivity (Wildman–Crippen MR) is 162 cm³/mol. The van der Waals surface area contributed by atoms with Crippen LogP contribution in [0.1, 0.15) is 24.5 Å². The van der Waals surface area contributed by atoms with Crippen LogP contribution in [-0.2, 0) is 17.8 Å². The van der Waals surface area contributed by atoms with E-state index in [2.05, 4.69) is 5.32 Å². The van der Waals surface area contributed by atoms with E-state index in [9.17, 15) is 14.7 Å². The molecule has 222 valence electrons. The van der Waals surface area contributed by atoms with E-state index in [1.54, 1.807) is 54.3 Å². The largest absolute Gasteiger partial charge is 0.494 e. The Balaban J connectivity index is 1.15. The number of carboxylic acids is 1. The number of hydrogen-bond acceptors (Lipinski definition) is 6. The summed E-state index contributed by atoms with van der Waals surface area (Å²) in [6.07, 6.45) is 0.787. The van der Waals surface area contributed by atoms with Crippen molar-refractivity contribution >= 4 is 17.7 Å². The number of para-hydroxylation sites is 1. The molecular weight excluding hydrogens is 548 g/mol. The van der Waals surface area contributed by atoms with Crippen LogP contribution in [-0.4, -0.2) is 47.6 Å². The molecule has 0 aromatic heterocycles. The van der Waals surface area contributed by atoms with Crippen molar-refractivity contribution in [3.05, 3.63) is 114 Å². The Kier molecular flexibility index (Phi) is 9.31. The zero-order chi connectivity index (χ0) is 30.1. The van der Waals surface area contributed by atoms with Gasteiger partial charge in [0.15, 0.2) is 11.5 Å². The number of hydrogen-bond donors (Lipinski definition) is 2. The van der Waals surface area contributed by atoms with Crippen molar-refractivity contribution in [1.82, 2.24) is 4.90 Å². The number of aliphatic carboxylic acids is 1. The van der Waals surface area contributed by atoms with Gasteiger partial charge in [-0.05, 0) is 60.9 Å². The second kappa shape index (κ2) is 13.7. The van der Waals surface area contributed by atoms with E-state index in [0.29, 0.717) is 54.8 Å². The van der Waals surface area contributed by atoms with Gasteiger partial charge in [-0.2, -0.15) is 0 Å². The summed E-state index contributed by atoms with van der Waals surface area (Å²) in [7, 11) is 0. The van der Waals surface area contributed by atoms with Gasteiger partial charge in [0.25, 0.3) is 0 Å². The molecule has 4 aromatic carbocycles. The molecule has 9 heteroatoms. The SMILES string of the molecule is CC(Cc1ccc(OCCCN(Cc2ccccc2)C(=O)Nc2ccc3c(c2)OCO3)cc1)(Oc1ccccc1)C(=O)O. The summed E-state index contributed by atoms with van der Waals surface area (Å²) >= 11 is 0. The Labute approximate surface area is 250 Å². The number of carbonyl (C=O) groups is 2. The minimum atomic E-state index is -1.42. The Hall–Kier alpha value is -5.18. The number of fused-ring (bicyclic) bond motifs is 1. The van der Waals surface area contributed by atoms with Crippen LogP contribution in [0.25, 0.3) is 0 Å². The second-order valence-electron chi connectivity index (χ2n) is 10.4. The topological polar surface area (TPSA) is 107 Å². The van der Waals surface area contributed by atoms with Gasteiger partial charge in [0.05, 0.1) is 6.61 Å². The molecule has 1 aliphatic heterocycles. The van der Waals surface area contributed by atoms with E-state index < -0.39 is 11.6 Å². The molecule has 1 heterocycles. The van der Waals surface area contributed by atoms with Crippen LogP contribution in [0.15, 0.2) is 103 Å². The van der Waals surface area contributed by atoms with Crippen molar-refractivity contribution in [2.24, 2.45) is 0 Å². The van der Waals surface area contributed by atoms with Crippen LogP contribution in [0.4, 0.5) is 10.5 Å². The van der Waals surface area contributed by atoms with Crippen LogP contribution in [0.2, 0.25) is 0 Å². The van der Waals surface area contributed by atoms with Gasteiger partial charge < -0.3 is 34.3 Å². The summed E-state index contributed by atoms with van der Waals surface area (Å²) in [5.41, 5.74) is 1.02. The maximum absolute atomic E-state index is 13.2. The van der Waals surface area contributed by atoms with Crippen LogP contribution in [0.3, 0.4) is 0 Å². The number of anilines is 1. The third kappa shape index (κ3) is 7.97. The molecule has 1 unspecified atom stereocenters. The number of nitrogens with one attached hydrogen (secondary N) is 1. The molecule has 4 aromatic rings. The van der Waals surface area contributed by atoms with Crippen molar-refractivity contribution in [1.29, 1.82) is 0 Å². The summed E-state index contributed by atoms with van der Waals surface area (Å²) in [5.74, 6) is 1.37. The molecule has 9 nitrogen and oxygen atoms in total. The average Bonchev–Trinajstić information content (AvgIpc) is 3.48. The van der Waals surface area contributed by atoms with Gasteiger partial charge >= 0.3 is 12.0 Å². The smallest absolute Gasteiger partial charge is 0.348 e. The molecule has 0 saturated carbocycles. The number of carbonyl (C=O) groups excluding carboxylic acids is 1. The maximum Gasteiger partial charge on any atom is 0.348 e. The summed E-state index contributed by atoms with van der Waals surface area (Å²) in [4.78, 5) is 27.0. The predicted octanol–water partition coefficient (Wildman–Crippen LogP) is 6.38. The van der Waals surface area contributed by atoms with Crippen LogP contribution in [0.5, 0.6) is 23.0 Å². The van der Waals surface area contributed by atoms with E-state index in [4.69, 9.17) is 18.9 Å². The highest BCUT2D eigenvalue weighted by Gasteiger charge is 2.36. The Morgan fingerprint density at radius 2 is 1.56 bits per heavy atom. The van der Waals surface area contributed by atoms with E-state index in [-0.39, 0.29) is 19.2 Å². The highest BCUT2D eigenvalue weighted by Crippen LogP contribution is 2.34. The lowest BCUT2D eigenvalue weighted by Gasteiger charge is -2.26. The third-order valence-electron chi connectivity index (χ3n) is 6.97. The minimum absolute atomic E-state index is 0.167. The Bertz CT molecular complexity index is 1510. The zero-order valence-electron chi connectivity index (χ0n) is 23.9. The van der Waals surface area contributed by atoms with Crippen molar-refractivity contribution in [3.8, 4) is 23.0 Å². The lowest BCUT2D eigenvalue weighted by atomic mass is 9.96. The van der Waals surface area contributed by atoms with Crippen molar-refractivity contribution < 1.29 is 33.6 Å². The number of carboxylic acid groups (broad SMARTS) is 1. The summed E-state index contributed by atoms with van der Waals surface area (Å²) in [6.45, 7) is 3.04. The number of amides is 2. The van der Waals surface area contributed by atoms with Gasteiger partial charge in [0, 0.05) is 31.3 Å². The molecule has 0 bridgehead atoms. The summed E-state index contributed by atoms with van der Waals surface area (Å²) in [6, 6.07) is 31.1. The molecule has 2 amide bonds. The molecular formula is C34H34N2O7. The molecule has 5 rings (SSSR count). The molecule has 1 atom stereocenters. The molecule has 0 spiro atoms. The van der Waals surface area contributed by atoms with Gasteiger partial charge in [0.1, 0.15) is 11.5 Å². The fourth-order valence-electron chi connectivity index (χ4n) is 4.68. The normalized spacial score (nSPS) is 13.0. The quantitative estimate of drug-likeness (QED) is 0.176. The van der Waals surface area contributed by atoms with E-state index in [0.717, 1.165) is 11.1 Å². The first-order valence-corrected chi connectivity index (χ1v) is 14.1. The van der Waals surface area contributed by atoms with Crippen LogP contribution in [0, 0.1) is 0 Å². The summed E-state index contributed by atoms with van der Waals surface area (Å²) in [5, 5.41) is 12.8. The van der Waals surface area contributed by atoms with E-state index in [1.165, 1.54) is 0 Å². The molecule has 43 heavy (non-hydrogen) atoms.